The molecule has 3 nitrogen and oxygen atoms in total. The number of benzene rings is 1. The van der Waals surface area contributed by atoms with Crippen molar-refractivity contribution in [1.29, 1.82) is 0 Å². The van der Waals surface area contributed by atoms with Gasteiger partial charge in [-0.15, -0.1) is 12.6 Å². The van der Waals surface area contributed by atoms with E-state index in [0.29, 0.717) is 19.8 Å². The molecule has 0 saturated carbocycles. The van der Waals surface area contributed by atoms with Gasteiger partial charge in [-0.3, -0.25) is 0 Å². The average Bonchev–Trinajstić information content (AvgIpc) is 2.30. The van der Waals surface area contributed by atoms with Gasteiger partial charge in [0.1, 0.15) is 0 Å². The van der Waals surface area contributed by atoms with Gasteiger partial charge in [0.2, 0.25) is 0 Å². The highest BCUT2D eigenvalue weighted by Crippen LogP contribution is 2.12. The Hall–Kier alpha value is -0.333. The van der Waals surface area contributed by atoms with Crippen LogP contribution in [0, 0.1) is 0 Å². The fraction of sp³-hybridized carbons (Fsp3) is 0.500. The molecule has 0 radical (unpaired) electrons. The summed E-state index contributed by atoms with van der Waals surface area (Å²) in [5.74, 6) is 0. The van der Waals surface area contributed by atoms with Crippen LogP contribution in [0.4, 0.5) is 0 Å². The Morgan fingerprint density at radius 2 is 1.29 bits per heavy atom. The van der Waals surface area contributed by atoms with E-state index in [9.17, 15) is 0 Å². The Morgan fingerprint density at radius 3 is 1.65 bits per heavy atom. The summed E-state index contributed by atoms with van der Waals surface area (Å²) < 4.78 is 17.4. The molecule has 0 amide bonds. The van der Waals surface area contributed by atoms with E-state index in [1.54, 1.807) is 0 Å². The first-order valence-electron chi connectivity index (χ1n) is 5.89. The highest BCUT2D eigenvalue weighted by atomic mass is 32.1. The molecule has 0 aromatic heterocycles. The van der Waals surface area contributed by atoms with Crippen LogP contribution in [0.25, 0.3) is 0 Å². The van der Waals surface area contributed by atoms with E-state index in [1.165, 1.54) is 0 Å². The van der Waals surface area contributed by atoms with Crippen LogP contribution in [-0.4, -0.2) is 28.6 Å². The smallest absolute Gasteiger partial charge is 0.370 e. The van der Waals surface area contributed by atoms with Crippen LogP contribution in [-0.2, 0) is 13.3 Å². The van der Waals surface area contributed by atoms with Crippen LogP contribution >= 0.6 is 12.6 Å². The fourth-order valence-corrected chi connectivity index (χ4v) is 4.22. The minimum atomic E-state index is -2.73. The molecule has 0 aliphatic carbocycles. The van der Waals surface area contributed by atoms with Crippen molar-refractivity contribution in [3.8, 4) is 0 Å². The van der Waals surface area contributed by atoms with E-state index in [0.717, 1.165) is 10.1 Å². The van der Waals surface area contributed by atoms with Gasteiger partial charge in [-0.25, -0.2) is 0 Å². The molecule has 0 bridgehead atoms. The normalized spacial score (nSPS) is 11.8. The first-order chi connectivity index (χ1) is 8.18. The SMILES string of the molecule is CCO[Si](OCC)(OCC)c1ccc(S)cc1. The zero-order chi connectivity index (χ0) is 12.7. The highest BCUT2D eigenvalue weighted by Gasteiger charge is 2.42. The maximum Gasteiger partial charge on any atom is 0.537 e. The highest BCUT2D eigenvalue weighted by molar-refractivity contribution is 7.80. The van der Waals surface area contributed by atoms with Gasteiger partial charge in [-0.1, -0.05) is 12.1 Å². The van der Waals surface area contributed by atoms with Crippen LogP contribution in [0.1, 0.15) is 20.8 Å². The Bertz CT molecular complexity index is 312. The molecule has 0 spiro atoms. The van der Waals surface area contributed by atoms with E-state index in [4.69, 9.17) is 13.3 Å². The Labute approximate surface area is 110 Å². The Kier molecular flexibility index (Phi) is 6.22. The summed E-state index contributed by atoms with van der Waals surface area (Å²) >= 11 is 4.28. The van der Waals surface area contributed by atoms with Gasteiger partial charge in [0.25, 0.3) is 0 Å². The molecular weight excluding hydrogens is 252 g/mol. The number of hydrogen-bond acceptors (Lipinski definition) is 4. The molecule has 0 heterocycles. The van der Waals surface area contributed by atoms with Gasteiger partial charge in [-0.05, 0) is 32.9 Å². The molecule has 1 aromatic rings. The molecule has 0 atom stereocenters. The van der Waals surface area contributed by atoms with Gasteiger partial charge in [0, 0.05) is 29.9 Å². The van der Waals surface area contributed by atoms with E-state index >= 15 is 0 Å². The average molecular weight is 272 g/mol. The summed E-state index contributed by atoms with van der Waals surface area (Å²) in [7, 11) is -2.73. The minimum Gasteiger partial charge on any atom is -0.370 e. The second-order valence-electron chi connectivity index (χ2n) is 3.40. The molecule has 0 aliphatic heterocycles. The Balaban J connectivity index is 3.04. The van der Waals surface area contributed by atoms with Gasteiger partial charge in [-0.2, -0.15) is 0 Å². The van der Waals surface area contributed by atoms with Gasteiger partial charge >= 0.3 is 8.80 Å². The molecule has 5 heteroatoms. The second kappa shape index (κ2) is 7.18. The van der Waals surface area contributed by atoms with Crippen molar-refractivity contribution in [3.05, 3.63) is 24.3 Å². The fourth-order valence-electron chi connectivity index (χ4n) is 1.61. The van der Waals surface area contributed by atoms with Crippen molar-refractivity contribution >= 4 is 26.6 Å². The molecule has 0 N–H and O–H groups in total. The lowest BCUT2D eigenvalue weighted by molar-refractivity contribution is 0.0859. The lowest BCUT2D eigenvalue weighted by Crippen LogP contribution is -2.56. The van der Waals surface area contributed by atoms with Crippen LogP contribution in [0.3, 0.4) is 0 Å². The summed E-state index contributed by atoms with van der Waals surface area (Å²) in [5.41, 5.74) is 0. The third kappa shape index (κ3) is 3.82. The van der Waals surface area contributed by atoms with Crippen LogP contribution in [0.15, 0.2) is 29.2 Å². The van der Waals surface area contributed by atoms with Crippen molar-refractivity contribution in [3.63, 3.8) is 0 Å². The van der Waals surface area contributed by atoms with Crippen molar-refractivity contribution in [1.82, 2.24) is 0 Å². The zero-order valence-electron chi connectivity index (χ0n) is 10.6. The number of rotatable bonds is 7. The summed E-state index contributed by atoms with van der Waals surface area (Å²) in [6.45, 7) is 7.59. The van der Waals surface area contributed by atoms with Crippen LogP contribution in [0.5, 0.6) is 0 Å². The maximum absolute atomic E-state index is 5.81. The standard InChI is InChI=1S/C12H20O3SSi/c1-4-13-17(14-5-2,15-6-3)12-9-7-11(16)8-10-12/h7-10,16H,4-6H2,1-3H3. The monoisotopic (exact) mass is 272 g/mol. The van der Waals surface area contributed by atoms with Crippen molar-refractivity contribution < 1.29 is 13.3 Å². The van der Waals surface area contributed by atoms with Crippen molar-refractivity contribution in [2.24, 2.45) is 0 Å². The summed E-state index contributed by atoms with van der Waals surface area (Å²) in [6.07, 6.45) is 0. The third-order valence-corrected chi connectivity index (χ3v) is 5.57. The predicted octanol–water partition coefficient (Wildman–Crippen LogP) is 2.23. The number of hydrogen-bond donors (Lipinski definition) is 1. The van der Waals surface area contributed by atoms with E-state index in [1.807, 2.05) is 45.0 Å². The maximum atomic E-state index is 5.81. The van der Waals surface area contributed by atoms with E-state index in [2.05, 4.69) is 12.6 Å². The summed E-state index contributed by atoms with van der Waals surface area (Å²) in [6, 6.07) is 7.79. The largest absolute Gasteiger partial charge is 0.537 e. The molecule has 1 rings (SSSR count). The van der Waals surface area contributed by atoms with E-state index in [-0.39, 0.29) is 0 Å². The van der Waals surface area contributed by atoms with Crippen LogP contribution < -0.4 is 5.19 Å². The molecule has 0 unspecified atom stereocenters. The molecule has 17 heavy (non-hydrogen) atoms. The molecular formula is C12H20O3SSi. The van der Waals surface area contributed by atoms with Crippen molar-refractivity contribution in [2.75, 3.05) is 19.8 Å². The molecule has 0 fully saturated rings. The first-order valence-corrected chi connectivity index (χ1v) is 8.07. The van der Waals surface area contributed by atoms with Crippen LogP contribution in [0.2, 0.25) is 0 Å². The topological polar surface area (TPSA) is 27.7 Å². The molecule has 96 valence electrons. The second-order valence-corrected chi connectivity index (χ2v) is 6.47. The lowest BCUT2D eigenvalue weighted by atomic mass is 10.4. The van der Waals surface area contributed by atoms with E-state index < -0.39 is 8.80 Å². The lowest BCUT2D eigenvalue weighted by Gasteiger charge is -2.28. The molecule has 1 aromatic carbocycles. The van der Waals surface area contributed by atoms with Gasteiger partial charge < -0.3 is 13.3 Å². The zero-order valence-corrected chi connectivity index (χ0v) is 12.5. The van der Waals surface area contributed by atoms with Crippen molar-refractivity contribution in [2.45, 2.75) is 25.7 Å². The summed E-state index contributed by atoms with van der Waals surface area (Å²) in [4.78, 5) is 0.918. The molecule has 0 aliphatic rings. The predicted molar refractivity (Wildman–Crippen MR) is 74.0 cm³/mol. The minimum absolute atomic E-state index is 0.578. The molecule has 0 saturated heterocycles. The summed E-state index contributed by atoms with van der Waals surface area (Å²) in [5, 5.41) is 0.987. The first kappa shape index (κ1) is 14.7. The quantitative estimate of drug-likeness (QED) is 0.609. The third-order valence-electron chi connectivity index (χ3n) is 2.22. The van der Waals surface area contributed by atoms with Gasteiger partial charge in [0.05, 0.1) is 0 Å². The van der Waals surface area contributed by atoms with Gasteiger partial charge in [0.15, 0.2) is 0 Å². The number of thiol groups is 1. The Morgan fingerprint density at radius 1 is 0.882 bits per heavy atom.